The second kappa shape index (κ2) is 7.11. The van der Waals surface area contributed by atoms with Gasteiger partial charge in [-0.15, -0.1) is 0 Å². The van der Waals surface area contributed by atoms with Crippen LogP contribution in [0, 0.1) is 0 Å². The molecule has 4 nitrogen and oxygen atoms in total. The van der Waals surface area contributed by atoms with Gasteiger partial charge in [-0.3, -0.25) is 10.2 Å². The number of hydrogen-bond donors (Lipinski definition) is 2. The third-order valence-electron chi connectivity index (χ3n) is 3.70. The third-order valence-corrected chi connectivity index (χ3v) is 5.46. The summed E-state index contributed by atoms with van der Waals surface area (Å²) >= 11 is 12.5. The van der Waals surface area contributed by atoms with Crippen molar-refractivity contribution in [1.29, 1.82) is 0 Å². The lowest BCUT2D eigenvalue weighted by molar-refractivity contribution is -0.134. The number of benzene rings is 2. The van der Waals surface area contributed by atoms with E-state index in [1.54, 1.807) is 24.3 Å². The number of aliphatic hydroxyl groups is 1. The van der Waals surface area contributed by atoms with Crippen LogP contribution in [0.1, 0.15) is 11.1 Å². The van der Waals surface area contributed by atoms with Gasteiger partial charge in [0, 0.05) is 10.6 Å². The summed E-state index contributed by atoms with van der Waals surface area (Å²) in [4.78, 5) is 12.3. The quantitative estimate of drug-likeness (QED) is 0.801. The average molecular weight is 379 g/mol. The SMILES string of the molecule is O=C(Cc1ccccc1)NN1C(=S)SC[C@]1(O)c1ccc(Cl)cc1. The van der Waals surface area contributed by atoms with Crippen LogP contribution in [0.2, 0.25) is 5.02 Å². The zero-order valence-electron chi connectivity index (χ0n) is 12.6. The van der Waals surface area contributed by atoms with Crippen LogP contribution < -0.4 is 5.43 Å². The number of carbonyl (C=O) groups is 1. The normalized spacial score (nSPS) is 20.2. The summed E-state index contributed by atoms with van der Waals surface area (Å²) in [6, 6.07) is 16.3. The number of hydrazine groups is 1. The van der Waals surface area contributed by atoms with Crippen molar-refractivity contribution < 1.29 is 9.90 Å². The lowest BCUT2D eigenvalue weighted by Gasteiger charge is -2.34. The van der Waals surface area contributed by atoms with Crippen LogP contribution in [0.25, 0.3) is 0 Å². The van der Waals surface area contributed by atoms with Crippen LogP contribution in [0.15, 0.2) is 54.6 Å². The monoisotopic (exact) mass is 378 g/mol. The number of carbonyl (C=O) groups excluding carboxylic acids is 1. The highest BCUT2D eigenvalue weighted by Crippen LogP contribution is 2.38. The van der Waals surface area contributed by atoms with Crippen LogP contribution >= 0.6 is 35.6 Å². The summed E-state index contributed by atoms with van der Waals surface area (Å²) in [5.41, 5.74) is 2.86. The summed E-state index contributed by atoms with van der Waals surface area (Å²) in [6.45, 7) is 0. The smallest absolute Gasteiger partial charge is 0.243 e. The summed E-state index contributed by atoms with van der Waals surface area (Å²) in [5, 5.41) is 13.0. The van der Waals surface area contributed by atoms with E-state index in [0.29, 0.717) is 20.7 Å². The van der Waals surface area contributed by atoms with E-state index in [1.165, 1.54) is 16.8 Å². The molecule has 124 valence electrons. The average Bonchev–Trinajstić information content (AvgIpc) is 2.86. The number of nitrogens with zero attached hydrogens (tertiary/aromatic N) is 1. The minimum Gasteiger partial charge on any atom is -0.365 e. The van der Waals surface area contributed by atoms with Gasteiger partial charge >= 0.3 is 0 Å². The summed E-state index contributed by atoms with van der Waals surface area (Å²) in [7, 11) is 0. The number of amides is 1. The van der Waals surface area contributed by atoms with E-state index >= 15 is 0 Å². The molecule has 1 atom stereocenters. The molecule has 1 aliphatic heterocycles. The van der Waals surface area contributed by atoms with Gasteiger partial charge in [-0.25, -0.2) is 5.01 Å². The molecule has 1 amide bonds. The summed E-state index contributed by atoms with van der Waals surface area (Å²) < 4.78 is 0.425. The second-order valence-electron chi connectivity index (χ2n) is 5.41. The number of hydrogen-bond acceptors (Lipinski definition) is 4. The van der Waals surface area contributed by atoms with Gasteiger partial charge in [0.1, 0.15) is 0 Å². The Morgan fingerprint density at radius 2 is 1.92 bits per heavy atom. The Balaban J connectivity index is 1.78. The molecule has 24 heavy (non-hydrogen) atoms. The van der Waals surface area contributed by atoms with E-state index < -0.39 is 5.72 Å². The van der Waals surface area contributed by atoms with Gasteiger partial charge in [0.2, 0.25) is 5.91 Å². The Morgan fingerprint density at radius 1 is 1.25 bits per heavy atom. The van der Waals surface area contributed by atoms with E-state index in [2.05, 4.69) is 5.43 Å². The van der Waals surface area contributed by atoms with Crippen LogP contribution in [-0.2, 0) is 16.9 Å². The molecule has 2 aromatic carbocycles. The molecule has 1 saturated heterocycles. The van der Waals surface area contributed by atoms with Crippen molar-refractivity contribution in [1.82, 2.24) is 10.4 Å². The minimum atomic E-state index is -1.39. The molecule has 0 radical (unpaired) electrons. The molecule has 7 heteroatoms. The maximum Gasteiger partial charge on any atom is 0.243 e. The predicted molar refractivity (Wildman–Crippen MR) is 101 cm³/mol. The van der Waals surface area contributed by atoms with E-state index in [1.807, 2.05) is 30.3 Å². The van der Waals surface area contributed by atoms with Gasteiger partial charge in [0.25, 0.3) is 0 Å². The Hall–Kier alpha value is -1.60. The van der Waals surface area contributed by atoms with E-state index in [9.17, 15) is 9.90 Å². The zero-order valence-corrected chi connectivity index (χ0v) is 15.0. The largest absolute Gasteiger partial charge is 0.365 e. The van der Waals surface area contributed by atoms with E-state index in [4.69, 9.17) is 23.8 Å². The lowest BCUT2D eigenvalue weighted by atomic mass is 10.0. The van der Waals surface area contributed by atoms with Crippen molar-refractivity contribution in [2.45, 2.75) is 12.1 Å². The van der Waals surface area contributed by atoms with Crippen molar-refractivity contribution in [3.63, 3.8) is 0 Å². The molecular weight excluding hydrogens is 364 g/mol. The Labute approximate surface area is 154 Å². The van der Waals surface area contributed by atoms with Crippen molar-refractivity contribution in [3.05, 3.63) is 70.7 Å². The van der Waals surface area contributed by atoms with Crippen molar-refractivity contribution >= 4 is 45.8 Å². The number of thioether (sulfide) groups is 1. The van der Waals surface area contributed by atoms with Gasteiger partial charge in [-0.2, -0.15) is 0 Å². The molecule has 0 aliphatic carbocycles. The third kappa shape index (κ3) is 3.57. The van der Waals surface area contributed by atoms with Crippen LogP contribution in [0.4, 0.5) is 0 Å². The number of rotatable bonds is 4. The van der Waals surface area contributed by atoms with Gasteiger partial charge in [0.05, 0.1) is 12.2 Å². The Bertz CT molecular complexity index is 755. The number of halogens is 1. The highest BCUT2D eigenvalue weighted by molar-refractivity contribution is 8.23. The maximum atomic E-state index is 12.3. The van der Waals surface area contributed by atoms with Crippen molar-refractivity contribution in [2.24, 2.45) is 0 Å². The molecule has 0 saturated carbocycles. The van der Waals surface area contributed by atoms with E-state index in [0.717, 1.165) is 5.56 Å². The minimum absolute atomic E-state index is 0.210. The molecule has 0 unspecified atom stereocenters. The molecule has 2 aromatic rings. The Kier molecular flexibility index (Phi) is 5.10. The van der Waals surface area contributed by atoms with Crippen LogP contribution in [-0.4, -0.2) is 26.1 Å². The van der Waals surface area contributed by atoms with Gasteiger partial charge in [-0.1, -0.05) is 78.0 Å². The molecule has 2 N–H and O–H groups in total. The van der Waals surface area contributed by atoms with Gasteiger partial charge in [-0.05, 0) is 17.7 Å². The molecule has 1 fully saturated rings. The van der Waals surface area contributed by atoms with E-state index in [-0.39, 0.29) is 12.3 Å². The highest BCUT2D eigenvalue weighted by atomic mass is 35.5. The zero-order chi connectivity index (χ0) is 17.2. The fourth-order valence-electron chi connectivity index (χ4n) is 2.46. The lowest BCUT2D eigenvalue weighted by Crippen LogP contribution is -2.54. The second-order valence-corrected chi connectivity index (χ2v) is 7.46. The maximum absolute atomic E-state index is 12.3. The highest BCUT2D eigenvalue weighted by Gasteiger charge is 2.45. The van der Waals surface area contributed by atoms with Crippen LogP contribution in [0.5, 0.6) is 0 Å². The molecule has 1 heterocycles. The first kappa shape index (κ1) is 17.2. The molecular formula is C17H15ClN2O2S2. The molecule has 0 bridgehead atoms. The Morgan fingerprint density at radius 3 is 2.58 bits per heavy atom. The predicted octanol–water partition coefficient (Wildman–Crippen LogP) is 3.09. The summed E-state index contributed by atoms with van der Waals surface area (Å²) in [5.74, 6) is 0.0949. The van der Waals surface area contributed by atoms with Gasteiger partial charge in [0.15, 0.2) is 10.0 Å². The van der Waals surface area contributed by atoms with Gasteiger partial charge < -0.3 is 5.11 Å². The van der Waals surface area contributed by atoms with Crippen molar-refractivity contribution in [3.8, 4) is 0 Å². The van der Waals surface area contributed by atoms with Crippen LogP contribution in [0.3, 0.4) is 0 Å². The summed E-state index contributed by atoms with van der Waals surface area (Å²) in [6.07, 6.45) is 0.210. The molecule has 0 aromatic heterocycles. The first-order valence-corrected chi connectivity index (χ1v) is 9.05. The molecule has 3 rings (SSSR count). The first-order chi connectivity index (χ1) is 11.5. The fourth-order valence-corrected chi connectivity index (χ4v) is 3.90. The topological polar surface area (TPSA) is 52.6 Å². The fraction of sp³-hybridized carbons (Fsp3) is 0.176. The van der Waals surface area contributed by atoms with Crippen molar-refractivity contribution in [2.75, 3.05) is 5.75 Å². The molecule has 1 aliphatic rings. The first-order valence-electron chi connectivity index (χ1n) is 7.28. The standard InChI is InChI=1S/C17H15ClN2O2S2/c18-14-8-6-13(7-9-14)17(22)11-24-16(23)20(17)19-15(21)10-12-4-2-1-3-5-12/h1-9,22H,10-11H2,(H,19,21)/t17-/m0/s1. The number of thiocarbonyl (C=S) groups is 1. The number of nitrogens with one attached hydrogen (secondary N) is 1. The molecule has 0 spiro atoms.